The average Bonchev–Trinajstić information content (AvgIpc) is 2.16. The average molecular weight is 220 g/mol. The second-order valence-electron chi connectivity index (χ2n) is 3.26. The third-order valence-electron chi connectivity index (χ3n) is 2.05. The highest BCUT2D eigenvalue weighted by Gasteiger charge is 2.27. The van der Waals surface area contributed by atoms with Crippen LogP contribution in [0.5, 0.6) is 0 Å². The van der Waals surface area contributed by atoms with Crippen molar-refractivity contribution in [1.29, 1.82) is 0 Å². The first-order valence-electron chi connectivity index (χ1n) is 4.59. The first-order chi connectivity index (χ1) is 6.54. The van der Waals surface area contributed by atoms with Crippen molar-refractivity contribution >= 4 is 8.56 Å². The van der Waals surface area contributed by atoms with E-state index >= 15 is 0 Å². The molecule has 0 amide bonds. The predicted molar refractivity (Wildman–Crippen MR) is 57.6 cm³/mol. The van der Waals surface area contributed by atoms with Crippen LogP contribution in [-0.2, 0) is 13.6 Å². The third-order valence-corrected chi connectivity index (χ3v) is 5.04. The van der Waals surface area contributed by atoms with Gasteiger partial charge in [0.1, 0.15) is 12.4 Å². The van der Waals surface area contributed by atoms with Crippen LogP contribution >= 0.6 is 0 Å². The van der Waals surface area contributed by atoms with Crippen LogP contribution in [0.15, 0.2) is 12.3 Å². The van der Waals surface area contributed by atoms with Gasteiger partial charge in [-0.1, -0.05) is 6.58 Å². The summed E-state index contributed by atoms with van der Waals surface area (Å²) in [5.74, 6) is 0.0588. The third kappa shape index (κ3) is 6.15. The van der Waals surface area contributed by atoms with Gasteiger partial charge in [-0.05, 0) is 19.0 Å². The standard InChI is InChI=1S/C9H20O4Si/c1-9(10)8-13-6-5-7-14(4,11-2)12-3/h10H,1,5-8H2,2-4H3. The van der Waals surface area contributed by atoms with Crippen molar-refractivity contribution in [2.24, 2.45) is 0 Å². The molecular formula is C9H20O4Si. The molecular weight excluding hydrogens is 200 g/mol. The number of hydrogen-bond acceptors (Lipinski definition) is 4. The molecule has 0 unspecified atom stereocenters. The van der Waals surface area contributed by atoms with Crippen LogP contribution in [0.3, 0.4) is 0 Å². The highest BCUT2D eigenvalue weighted by molar-refractivity contribution is 6.65. The van der Waals surface area contributed by atoms with E-state index in [1.165, 1.54) is 0 Å². The van der Waals surface area contributed by atoms with E-state index in [1.54, 1.807) is 14.2 Å². The molecule has 0 rings (SSSR count). The van der Waals surface area contributed by atoms with Crippen LogP contribution < -0.4 is 0 Å². The summed E-state index contributed by atoms with van der Waals surface area (Å²) in [7, 11) is 1.41. The van der Waals surface area contributed by atoms with Gasteiger partial charge in [0.05, 0.1) is 0 Å². The SMILES string of the molecule is C=C(O)COCCC[Si](C)(OC)OC. The van der Waals surface area contributed by atoms with E-state index < -0.39 is 8.56 Å². The Morgan fingerprint density at radius 3 is 2.36 bits per heavy atom. The fourth-order valence-corrected chi connectivity index (χ4v) is 2.33. The van der Waals surface area contributed by atoms with Gasteiger partial charge in [-0.3, -0.25) is 0 Å². The summed E-state index contributed by atoms with van der Waals surface area (Å²) >= 11 is 0. The lowest BCUT2D eigenvalue weighted by Gasteiger charge is -2.22. The lowest BCUT2D eigenvalue weighted by atomic mass is 10.5. The Kier molecular flexibility index (Phi) is 6.82. The quantitative estimate of drug-likeness (QED) is 0.385. The van der Waals surface area contributed by atoms with Crippen molar-refractivity contribution < 1.29 is 18.7 Å². The zero-order valence-corrected chi connectivity index (χ0v) is 10.2. The molecule has 0 saturated carbocycles. The van der Waals surface area contributed by atoms with Crippen LogP contribution in [0.2, 0.25) is 12.6 Å². The predicted octanol–water partition coefficient (Wildman–Crippen LogP) is 1.83. The van der Waals surface area contributed by atoms with Crippen molar-refractivity contribution in [3.8, 4) is 0 Å². The first-order valence-corrected chi connectivity index (χ1v) is 7.11. The Morgan fingerprint density at radius 2 is 1.93 bits per heavy atom. The molecule has 0 spiro atoms. The molecule has 14 heavy (non-hydrogen) atoms. The lowest BCUT2D eigenvalue weighted by molar-refractivity contribution is 0.126. The zero-order valence-electron chi connectivity index (χ0n) is 9.21. The maximum absolute atomic E-state index is 8.74. The highest BCUT2D eigenvalue weighted by Crippen LogP contribution is 2.13. The van der Waals surface area contributed by atoms with E-state index in [0.717, 1.165) is 12.5 Å². The Bertz CT molecular complexity index is 168. The molecule has 0 aromatic heterocycles. The number of rotatable bonds is 8. The minimum absolute atomic E-state index is 0.0588. The maximum Gasteiger partial charge on any atom is 0.334 e. The largest absolute Gasteiger partial charge is 0.510 e. The molecule has 0 bridgehead atoms. The van der Waals surface area contributed by atoms with Gasteiger partial charge in [0.15, 0.2) is 0 Å². The second-order valence-corrected chi connectivity index (χ2v) is 6.85. The zero-order chi connectivity index (χ0) is 11.0. The Labute approximate surface area is 86.7 Å². The molecule has 1 N–H and O–H groups in total. The fourth-order valence-electron chi connectivity index (χ4n) is 0.973. The topological polar surface area (TPSA) is 47.9 Å². The number of aliphatic hydroxyl groups is 1. The van der Waals surface area contributed by atoms with Crippen molar-refractivity contribution in [2.45, 2.75) is 19.0 Å². The molecule has 0 aliphatic carbocycles. The summed E-state index contributed by atoms with van der Waals surface area (Å²) in [6.07, 6.45) is 0.873. The summed E-state index contributed by atoms with van der Waals surface area (Å²) in [6, 6.07) is 0.887. The number of ether oxygens (including phenoxy) is 1. The molecule has 0 radical (unpaired) electrons. The Hall–Kier alpha value is -0.363. The van der Waals surface area contributed by atoms with Crippen molar-refractivity contribution in [1.82, 2.24) is 0 Å². The van der Waals surface area contributed by atoms with E-state index in [1.807, 2.05) is 6.55 Å². The normalized spacial score (nSPS) is 11.6. The van der Waals surface area contributed by atoms with Crippen LogP contribution in [0.25, 0.3) is 0 Å². The Balaban J connectivity index is 3.47. The molecule has 84 valence electrons. The van der Waals surface area contributed by atoms with E-state index in [0.29, 0.717) is 6.61 Å². The number of hydrogen-bond donors (Lipinski definition) is 1. The monoisotopic (exact) mass is 220 g/mol. The first kappa shape index (κ1) is 13.6. The molecule has 0 aromatic carbocycles. The summed E-state index contributed by atoms with van der Waals surface area (Å²) in [4.78, 5) is 0. The molecule has 0 aliphatic rings. The van der Waals surface area contributed by atoms with Crippen molar-refractivity contribution in [2.75, 3.05) is 27.4 Å². The van der Waals surface area contributed by atoms with Gasteiger partial charge in [-0.25, -0.2) is 0 Å². The fraction of sp³-hybridized carbons (Fsp3) is 0.778. The van der Waals surface area contributed by atoms with Crippen molar-refractivity contribution in [3.05, 3.63) is 12.3 Å². The van der Waals surface area contributed by atoms with Gasteiger partial charge in [0.2, 0.25) is 0 Å². The smallest absolute Gasteiger partial charge is 0.334 e. The maximum atomic E-state index is 8.74. The minimum Gasteiger partial charge on any atom is -0.510 e. The molecule has 5 heteroatoms. The lowest BCUT2D eigenvalue weighted by Crippen LogP contribution is -2.36. The van der Waals surface area contributed by atoms with Crippen LogP contribution in [0, 0.1) is 0 Å². The van der Waals surface area contributed by atoms with E-state index in [9.17, 15) is 0 Å². The van der Waals surface area contributed by atoms with E-state index in [2.05, 4.69) is 6.58 Å². The summed E-state index contributed by atoms with van der Waals surface area (Å²) < 4.78 is 15.8. The number of aliphatic hydroxyl groups excluding tert-OH is 1. The van der Waals surface area contributed by atoms with Crippen LogP contribution in [0.1, 0.15) is 6.42 Å². The van der Waals surface area contributed by atoms with Gasteiger partial charge >= 0.3 is 8.56 Å². The molecule has 0 saturated heterocycles. The highest BCUT2D eigenvalue weighted by atomic mass is 28.4. The van der Waals surface area contributed by atoms with Crippen molar-refractivity contribution in [3.63, 3.8) is 0 Å². The molecule has 0 aromatic rings. The molecule has 0 heterocycles. The second kappa shape index (κ2) is 7.00. The van der Waals surface area contributed by atoms with E-state index in [-0.39, 0.29) is 12.4 Å². The van der Waals surface area contributed by atoms with Gasteiger partial charge in [0.25, 0.3) is 0 Å². The van der Waals surface area contributed by atoms with Gasteiger partial charge < -0.3 is 18.7 Å². The molecule has 4 nitrogen and oxygen atoms in total. The summed E-state index contributed by atoms with van der Waals surface area (Å²) in [5, 5.41) is 8.74. The Morgan fingerprint density at radius 1 is 1.36 bits per heavy atom. The molecule has 0 fully saturated rings. The van der Waals surface area contributed by atoms with Crippen LogP contribution in [0.4, 0.5) is 0 Å². The summed E-state index contributed by atoms with van der Waals surface area (Å²) in [6.45, 7) is 6.13. The summed E-state index contributed by atoms with van der Waals surface area (Å²) in [5.41, 5.74) is 0. The van der Waals surface area contributed by atoms with Gasteiger partial charge in [-0.15, -0.1) is 0 Å². The van der Waals surface area contributed by atoms with Crippen LogP contribution in [-0.4, -0.2) is 41.1 Å². The van der Waals surface area contributed by atoms with Gasteiger partial charge in [-0.2, -0.15) is 0 Å². The van der Waals surface area contributed by atoms with Gasteiger partial charge in [0, 0.05) is 20.8 Å². The molecule has 0 aliphatic heterocycles. The van der Waals surface area contributed by atoms with E-state index in [4.69, 9.17) is 18.7 Å². The molecule has 0 atom stereocenters. The minimum atomic E-state index is -1.94.